The predicted octanol–water partition coefficient (Wildman–Crippen LogP) is 7.26. The molecule has 2 N–H and O–H groups in total. The standard InChI is InChI=1S/C33H50O6/c1-28(2)14-16-33(27(37)38)17-15-31(6)20(21(33)19-28)8-9-23-30(5)12-11-24(39-26(36)18-25(34)35)29(3,4)22(30)10-13-32(23,31)7/h8,21-24H,9-19H2,1-7H3,(H,34,35)(H,37,38)/t21-,22-,23+,24-,30-,31+,32+,33-/m0/s1. The van der Waals surface area contributed by atoms with E-state index in [1.54, 1.807) is 0 Å². The molecule has 6 nitrogen and oxygen atoms in total. The van der Waals surface area contributed by atoms with Crippen molar-refractivity contribution in [2.24, 2.45) is 50.2 Å². The number of carboxylic acids is 2. The fraction of sp³-hybridized carbons (Fsp3) is 0.848. The van der Waals surface area contributed by atoms with E-state index < -0.39 is 29.7 Å². The summed E-state index contributed by atoms with van der Waals surface area (Å²) in [5.74, 6) is -1.42. The van der Waals surface area contributed by atoms with Gasteiger partial charge in [-0.05, 0) is 104 Å². The van der Waals surface area contributed by atoms with E-state index in [9.17, 15) is 19.5 Å². The lowest BCUT2D eigenvalue weighted by atomic mass is 9.33. The number of carbonyl (C=O) groups excluding carboxylic acids is 1. The first-order valence-electron chi connectivity index (χ1n) is 15.3. The van der Waals surface area contributed by atoms with Crippen LogP contribution in [0.2, 0.25) is 0 Å². The first-order chi connectivity index (χ1) is 17.9. The number of carbonyl (C=O) groups is 3. The fourth-order valence-electron chi connectivity index (χ4n) is 11.1. The summed E-state index contributed by atoms with van der Waals surface area (Å²) in [7, 11) is 0. The summed E-state index contributed by atoms with van der Waals surface area (Å²) in [5, 5.41) is 19.6. The molecule has 0 radical (unpaired) electrons. The molecule has 4 saturated carbocycles. The normalized spacial score (nSPS) is 45.9. The van der Waals surface area contributed by atoms with Crippen molar-refractivity contribution in [3.63, 3.8) is 0 Å². The minimum absolute atomic E-state index is 0.0180. The van der Waals surface area contributed by atoms with Gasteiger partial charge in [0.2, 0.25) is 0 Å². The van der Waals surface area contributed by atoms with E-state index in [4.69, 9.17) is 9.84 Å². The van der Waals surface area contributed by atoms with Crippen molar-refractivity contribution in [3.05, 3.63) is 11.6 Å². The molecular weight excluding hydrogens is 492 g/mol. The van der Waals surface area contributed by atoms with Gasteiger partial charge >= 0.3 is 17.9 Å². The lowest BCUT2D eigenvalue weighted by Crippen LogP contribution is -2.65. The van der Waals surface area contributed by atoms with E-state index in [2.05, 4.69) is 54.5 Å². The molecular formula is C33H50O6. The monoisotopic (exact) mass is 542 g/mol. The summed E-state index contributed by atoms with van der Waals surface area (Å²) in [6, 6.07) is 0. The van der Waals surface area contributed by atoms with Crippen LogP contribution in [0, 0.1) is 50.2 Å². The van der Waals surface area contributed by atoms with Crippen molar-refractivity contribution in [3.8, 4) is 0 Å². The molecule has 4 fully saturated rings. The molecule has 0 aromatic rings. The van der Waals surface area contributed by atoms with E-state index >= 15 is 0 Å². The number of allylic oxidation sites excluding steroid dienone is 2. The minimum atomic E-state index is -1.15. The Labute approximate surface area is 234 Å². The van der Waals surface area contributed by atoms with Gasteiger partial charge in [0.05, 0.1) is 5.41 Å². The predicted molar refractivity (Wildman–Crippen MR) is 149 cm³/mol. The molecule has 6 heteroatoms. The topological polar surface area (TPSA) is 101 Å². The van der Waals surface area contributed by atoms with Crippen molar-refractivity contribution in [1.29, 1.82) is 0 Å². The SMILES string of the molecule is CC1(C)CC[C@]2(C(=O)O)CC[C@]3(C)C(=CC[C@@H]4[C@@]5(C)CC[C@H](OC(=O)CC(=O)O)C(C)(C)[C@@H]5CC[C@]43C)[C@@H]2C1. The maximum Gasteiger partial charge on any atom is 0.317 e. The molecule has 0 amide bonds. The van der Waals surface area contributed by atoms with Crippen LogP contribution >= 0.6 is 0 Å². The molecule has 39 heavy (non-hydrogen) atoms. The molecule has 0 saturated heterocycles. The maximum absolute atomic E-state index is 12.8. The molecule has 218 valence electrons. The summed E-state index contributed by atoms with van der Waals surface area (Å²) in [4.78, 5) is 36.2. The summed E-state index contributed by atoms with van der Waals surface area (Å²) in [5.41, 5.74) is 0.874. The Hall–Kier alpha value is -1.85. The average Bonchev–Trinajstić information content (AvgIpc) is 2.80. The third-order valence-corrected chi connectivity index (χ3v) is 13.6. The first kappa shape index (κ1) is 28.7. The number of carboxylic acid groups (broad SMARTS) is 2. The van der Waals surface area contributed by atoms with Gasteiger partial charge < -0.3 is 14.9 Å². The third kappa shape index (κ3) is 3.96. The summed E-state index contributed by atoms with van der Waals surface area (Å²) >= 11 is 0. The number of hydrogen-bond acceptors (Lipinski definition) is 4. The molecule has 5 rings (SSSR count). The van der Waals surface area contributed by atoms with E-state index in [0.29, 0.717) is 11.8 Å². The van der Waals surface area contributed by atoms with Gasteiger partial charge in [0.25, 0.3) is 0 Å². The molecule has 0 aromatic carbocycles. The van der Waals surface area contributed by atoms with Gasteiger partial charge in [-0.3, -0.25) is 14.4 Å². The van der Waals surface area contributed by atoms with Crippen LogP contribution in [-0.4, -0.2) is 34.2 Å². The van der Waals surface area contributed by atoms with Gasteiger partial charge in [-0.15, -0.1) is 0 Å². The molecule has 5 aliphatic carbocycles. The van der Waals surface area contributed by atoms with Crippen LogP contribution in [0.3, 0.4) is 0 Å². The highest BCUT2D eigenvalue weighted by Crippen LogP contribution is 2.75. The summed E-state index contributed by atoms with van der Waals surface area (Å²) in [6.07, 6.45) is 10.9. The van der Waals surface area contributed by atoms with Crippen molar-refractivity contribution in [2.45, 2.75) is 125 Å². The molecule has 0 unspecified atom stereocenters. The Kier molecular flexibility index (Phi) is 6.49. The second-order valence-electron chi connectivity index (χ2n) is 16.1. The van der Waals surface area contributed by atoms with E-state index in [0.717, 1.165) is 64.2 Å². The molecule has 0 bridgehead atoms. The van der Waals surface area contributed by atoms with Crippen molar-refractivity contribution in [2.75, 3.05) is 0 Å². The second-order valence-corrected chi connectivity index (χ2v) is 16.1. The van der Waals surface area contributed by atoms with Crippen LogP contribution in [0.25, 0.3) is 0 Å². The lowest BCUT2D eigenvalue weighted by molar-refractivity contribution is -0.214. The Bertz CT molecular complexity index is 1100. The molecule has 0 spiro atoms. The van der Waals surface area contributed by atoms with Gasteiger partial charge in [0.15, 0.2) is 0 Å². The smallest absolute Gasteiger partial charge is 0.317 e. The van der Waals surface area contributed by atoms with Crippen LogP contribution in [0.4, 0.5) is 0 Å². The van der Waals surface area contributed by atoms with Crippen LogP contribution in [0.5, 0.6) is 0 Å². The molecule has 0 aromatic heterocycles. The number of hydrogen-bond donors (Lipinski definition) is 2. The first-order valence-corrected chi connectivity index (χ1v) is 15.3. The van der Waals surface area contributed by atoms with Crippen molar-refractivity contribution < 1.29 is 29.3 Å². The Morgan fingerprint density at radius 2 is 1.54 bits per heavy atom. The number of ether oxygens (including phenoxy) is 1. The largest absolute Gasteiger partial charge is 0.481 e. The average molecular weight is 543 g/mol. The Morgan fingerprint density at radius 3 is 2.18 bits per heavy atom. The third-order valence-electron chi connectivity index (χ3n) is 13.6. The van der Waals surface area contributed by atoms with Gasteiger partial charge in [-0.25, -0.2) is 0 Å². The maximum atomic E-state index is 12.8. The van der Waals surface area contributed by atoms with Crippen LogP contribution in [-0.2, 0) is 19.1 Å². The van der Waals surface area contributed by atoms with Crippen molar-refractivity contribution in [1.82, 2.24) is 0 Å². The van der Waals surface area contributed by atoms with E-state index in [1.807, 2.05) is 0 Å². The zero-order chi connectivity index (χ0) is 28.8. The van der Waals surface area contributed by atoms with Gasteiger partial charge in [0.1, 0.15) is 12.5 Å². The molecule has 0 aliphatic heterocycles. The van der Waals surface area contributed by atoms with Crippen LogP contribution in [0.15, 0.2) is 11.6 Å². The molecule has 0 heterocycles. The van der Waals surface area contributed by atoms with Gasteiger partial charge in [-0.1, -0.05) is 60.1 Å². The van der Waals surface area contributed by atoms with Crippen molar-refractivity contribution >= 4 is 17.9 Å². The van der Waals surface area contributed by atoms with Gasteiger partial charge in [-0.2, -0.15) is 0 Å². The highest BCUT2D eigenvalue weighted by molar-refractivity contribution is 5.90. The quantitative estimate of drug-likeness (QED) is 0.220. The zero-order valence-electron chi connectivity index (χ0n) is 25.2. The minimum Gasteiger partial charge on any atom is -0.481 e. The number of fused-ring (bicyclic) bond motifs is 7. The Morgan fingerprint density at radius 1 is 0.872 bits per heavy atom. The molecule has 5 aliphatic rings. The Balaban J connectivity index is 1.49. The lowest BCUT2D eigenvalue weighted by Gasteiger charge is -2.71. The second kappa shape index (κ2) is 8.82. The molecule has 8 atom stereocenters. The van der Waals surface area contributed by atoms with E-state index in [1.165, 1.54) is 5.57 Å². The fourth-order valence-corrected chi connectivity index (χ4v) is 11.1. The highest BCUT2D eigenvalue weighted by atomic mass is 16.5. The van der Waals surface area contributed by atoms with E-state index in [-0.39, 0.29) is 39.1 Å². The van der Waals surface area contributed by atoms with Crippen LogP contribution < -0.4 is 0 Å². The number of rotatable bonds is 4. The summed E-state index contributed by atoms with van der Waals surface area (Å²) in [6.45, 7) is 16.5. The zero-order valence-corrected chi connectivity index (χ0v) is 25.2. The van der Waals surface area contributed by atoms with Gasteiger partial charge in [0, 0.05) is 5.41 Å². The number of esters is 1. The summed E-state index contributed by atoms with van der Waals surface area (Å²) < 4.78 is 5.80. The van der Waals surface area contributed by atoms with Crippen LogP contribution in [0.1, 0.15) is 119 Å². The highest BCUT2D eigenvalue weighted by Gasteiger charge is 2.69. The number of aliphatic carboxylic acids is 2.